The summed E-state index contributed by atoms with van der Waals surface area (Å²) in [6.45, 7) is 6.59. The lowest BCUT2D eigenvalue weighted by Gasteiger charge is -2.37. The second-order valence-electron chi connectivity index (χ2n) is 5.45. The van der Waals surface area contributed by atoms with Crippen molar-refractivity contribution in [2.24, 2.45) is 5.73 Å². The molecule has 1 aliphatic rings. The number of piperidine rings is 1. The molecule has 1 amide bonds. The van der Waals surface area contributed by atoms with E-state index in [1.54, 1.807) is 11.8 Å². The molecule has 118 valence electrons. The van der Waals surface area contributed by atoms with E-state index in [1.807, 2.05) is 13.8 Å². The third-order valence-electron chi connectivity index (χ3n) is 4.20. The number of carbonyl (C=O) groups is 1. The van der Waals surface area contributed by atoms with Crippen LogP contribution in [0.4, 0.5) is 0 Å². The summed E-state index contributed by atoms with van der Waals surface area (Å²) >= 11 is 0. The van der Waals surface area contributed by atoms with E-state index < -0.39 is 15.6 Å². The number of nitrogens with zero attached hydrogens (tertiary/aromatic N) is 1. The number of rotatable bonds is 6. The van der Waals surface area contributed by atoms with E-state index in [-0.39, 0.29) is 17.7 Å². The standard InChI is InChI=1S/C13H27N3O3S/c1-4-13(14,5-2)12(17)16-9-7-11(8-10-16)15-20(18,19)6-3/h11,15H,4-10,14H2,1-3H3. The summed E-state index contributed by atoms with van der Waals surface area (Å²) in [4.78, 5) is 14.2. The molecule has 0 aromatic carbocycles. The number of nitrogens with one attached hydrogen (secondary N) is 1. The highest BCUT2D eigenvalue weighted by molar-refractivity contribution is 7.89. The fraction of sp³-hybridized carbons (Fsp3) is 0.923. The molecular formula is C13H27N3O3S. The van der Waals surface area contributed by atoms with Gasteiger partial charge in [-0.15, -0.1) is 0 Å². The van der Waals surface area contributed by atoms with Crippen LogP contribution in [0.2, 0.25) is 0 Å². The van der Waals surface area contributed by atoms with Gasteiger partial charge in [-0.25, -0.2) is 13.1 Å². The molecule has 1 saturated heterocycles. The van der Waals surface area contributed by atoms with Gasteiger partial charge in [0.15, 0.2) is 0 Å². The van der Waals surface area contributed by atoms with Gasteiger partial charge in [0.1, 0.15) is 0 Å². The first-order valence-corrected chi connectivity index (χ1v) is 9.01. The van der Waals surface area contributed by atoms with E-state index in [1.165, 1.54) is 0 Å². The molecular weight excluding hydrogens is 278 g/mol. The van der Waals surface area contributed by atoms with Crippen LogP contribution in [-0.2, 0) is 14.8 Å². The van der Waals surface area contributed by atoms with E-state index >= 15 is 0 Å². The second-order valence-corrected chi connectivity index (χ2v) is 7.49. The minimum absolute atomic E-state index is 0.0145. The maximum atomic E-state index is 12.4. The van der Waals surface area contributed by atoms with Crippen molar-refractivity contribution >= 4 is 15.9 Å². The zero-order valence-electron chi connectivity index (χ0n) is 12.7. The highest BCUT2D eigenvalue weighted by Crippen LogP contribution is 2.19. The molecule has 1 fully saturated rings. The summed E-state index contributed by atoms with van der Waals surface area (Å²) in [6.07, 6.45) is 2.53. The molecule has 6 nitrogen and oxygen atoms in total. The molecule has 7 heteroatoms. The van der Waals surface area contributed by atoms with Gasteiger partial charge in [0.05, 0.1) is 11.3 Å². The number of likely N-dealkylation sites (tertiary alicyclic amines) is 1. The van der Waals surface area contributed by atoms with Crippen LogP contribution in [0, 0.1) is 0 Å². The van der Waals surface area contributed by atoms with Crippen LogP contribution < -0.4 is 10.5 Å². The Hall–Kier alpha value is -0.660. The summed E-state index contributed by atoms with van der Waals surface area (Å²) in [5.41, 5.74) is 5.34. The fourth-order valence-electron chi connectivity index (χ4n) is 2.41. The van der Waals surface area contributed by atoms with Crippen molar-refractivity contribution in [2.75, 3.05) is 18.8 Å². The Morgan fingerprint density at radius 3 is 2.15 bits per heavy atom. The van der Waals surface area contributed by atoms with Crippen molar-refractivity contribution in [3.8, 4) is 0 Å². The molecule has 0 aliphatic carbocycles. The smallest absolute Gasteiger partial charge is 0.242 e. The topological polar surface area (TPSA) is 92.5 Å². The van der Waals surface area contributed by atoms with Crippen molar-refractivity contribution in [2.45, 2.75) is 58.0 Å². The van der Waals surface area contributed by atoms with Crippen LogP contribution in [0.15, 0.2) is 0 Å². The molecule has 0 spiro atoms. The summed E-state index contributed by atoms with van der Waals surface area (Å²) in [7, 11) is -3.17. The second kappa shape index (κ2) is 6.87. The maximum Gasteiger partial charge on any atom is 0.242 e. The predicted octanol–water partition coefficient (Wildman–Crippen LogP) is 0.434. The average Bonchev–Trinajstić information content (AvgIpc) is 2.46. The molecule has 1 heterocycles. The van der Waals surface area contributed by atoms with Gasteiger partial charge in [0.25, 0.3) is 0 Å². The highest BCUT2D eigenvalue weighted by Gasteiger charge is 2.36. The molecule has 0 saturated carbocycles. The third-order valence-corrected chi connectivity index (χ3v) is 5.65. The molecule has 0 bridgehead atoms. The van der Waals surface area contributed by atoms with Gasteiger partial charge in [0, 0.05) is 19.1 Å². The van der Waals surface area contributed by atoms with E-state index in [0.29, 0.717) is 38.8 Å². The van der Waals surface area contributed by atoms with Crippen molar-refractivity contribution in [3.05, 3.63) is 0 Å². The predicted molar refractivity (Wildman–Crippen MR) is 79.7 cm³/mol. The quantitative estimate of drug-likeness (QED) is 0.744. The zero-order valence-corrected chi connectivity index (χ0v) is 13.5. The van der Waals surface area contributed by atoms with Crippen LogP contribution in [0.25, 0.3) is 0 Å². The Morgan fingerprint density at radius 2 is 1.75 bits per heavy atom. The third kappa shape index (κ3) is 4.17. The highest BCUT2D eigenvalue weighted by atomic mass is 32.2. The number of amides is 1. The van der Waals surface area contributed by atoms with Gasteiger partial charge in [-0.3, -0.25) is 4.79 Å². The lowest BCUT2D eigenvalue weighted by molar-refractivity contribution is -0.138. The van der Waals surface area contributed by atoms with Crippen LogP contribution in [0.3, 0.4) is 0 Å². The molecule has 0 aromatic rings. The van der Waals surface area contributed by atoms with Gasteiger partial charge in [-0.2, -0.15) is 0 Å². The molecule has 3 N–H and O–H groups in total. The van der Waals surface area contributed by atoms with E-state index in [0.717, 1.165) is 0 Å². The summed E-state index contributed by atoms with van der Waals surface area (Å²) in [6, 6.07) is -0.0700. The number of nitrogens with two attached hydrogens (primary N) is 1. The summed E-state index contributed by atoms with van der Waals surface area (Å²) in [5, 5.41) is 0. The summed E-state index contributed by atoms with van der Waals surface area (Å²) < 4.78 is 25.7. The average molecular weight is 305 g/mol. The molecule has 1 aliphatic heterocycles. The first-order valence-electron chi connectivity index (χ1n) is 7.36. The van der Waals surface area contributed by atoms with Crippen molar-refractivity contribution in [3.63, 3.8) is 0 Å². The first-order chi connectivity index (χ1) is 9.28. The van der Waals surface area contributed by atoms with Gasteiger partial charge in [-0.05, 0) is 32.6 Å². The van der Waals surface area contributed by atoms with Crippen molar-refractivity contribution in [1.82, 2.24) is 9.62 Å². The van der Waals surface area contributed by atoms with Gasteiger partial charge in [0.2, 0.25) is 15.9 Å². The van der Waals surface area contributed by atoms with Gasteiger partial charge in [-0.1, -0.05) is 13.8 Å². The largest absolute Gasteiger partial charge is 0.341 e. The van der Waals surface area contributed by atoms with E-state index in [4.69, 9.17) is 5.73 Å². The van der Waals surface area contributed by atoms with Crippen molar-refractivity contribution < 1.29 is 13.2 Å². The number of hydrogen-bond donors (Lipinski definition) is 2. The van der Waals surface area contributed by atoms with Crippen LogP contribution in [-0.4, -0.2) is 49.6 Å². The Balaban J connectivity index is 2.56. The maximum absolute atomic E-state index is 12.4. The van der Waals surface area contributed by atoms with Crippen LogP contribution in [0.5, 0.6) is 0 Å². The zero-order chi connectivity index (χ0) is 15.4. The molecule has 0 aromatic heterocycles. The van der Waals surface area contributed by atoms with Gasteiger partial charge < -0.3 is 10.6 Å². The summed E-state index contributed by atoms with van der Waals surface area (Å²) in [5.74, 6) is 0.0725. The molecule has 1 rings (SSSR count). The molecule has 20 heavy (non-hydrogen) atoms. The Bertz CT molecular complexity index is 424. The van der Waals surface area contributed by atoms with Crippen LogP contribution >= 0.6 is 0 Å². The molecule has 0 atom stereocenters. The minimum Gasteiger partial charge on any atom is -0.341 e. The molecule has 0 unspecified atom stereocenters. The lowest BCUT2D eigenvalue weighted by atomic mass is 9.91. The van der Waals surface area contributed by atoms with E-state index in [2.05, 4.69) is 4.72 Å². The number of sulfonamides is 1. The molecule has 0 radical (unpaired) electrons. The lowest BCUT2D eigenvalue weighted by Crippen LogP contribution is -2.57. The van der Waals surface area contributed by atoms with Crippen molar-refractivity contribution in [1.29, 1.82) is 0 Å². The SMILES string of the molecule is CCC(N)(CC)C(=O)N1CCC(NS(=O)(=O)CC)CC1. The minimum atomic E-state index is -3.17. The number of hydrogen-bond acceptors (Lipinski definition) is 4. The fourth-order valence-corrected chi connectivity index (χ4v) is 3.32. The van der Waals surface area contributed by atoms with Gasteiger partial charge >= 0.3 is 0 Å². The normalized spacial score (nSPS) is 18.3. The monoisotopic (exact) mass is 305 g/mol. The Labute approximate surface area is 122 Å². The van der Waals surface area contributed by atoms with E-state index in [9.17, 15) is 13.2 Å². The number of carbonyl (C=O) groups excluding carboxylic acids is 1. The Morgan fingerprint density at radius 1 is 1.25 bits per heavy atom. The first kappa shape index (κ1) is 17.4. The van der Waals surface area contributed by atoms with Crippen LogP contribution in [0.1, 0.15) is 46.5 Å². The Kier molecular flexibility index (Phi) is 5.97.